The number of nitrogens with zero attached hydrogens (tertiary/aromatic N) is 3. The molecule has 7 nitrogen and oxygen atoms in total. The van der Waals surface area contributed by atoms with E-state index >= 15 is 0 Å². The number of benzene rings is 1. The van der Waals surface area contributed by atoms with Gasteiger partial charge in [-0.1, -0.05) is 0 Å². The van der Waals surface area contributed by atoms with Crippen molar-refractivity contribution >= 4 is 22.6 Å². The Bertz CT molecular complexity index is 1020. The lowest BCUT2D eigenvalue weighted by Gasteiger charge is -2.05. The minimum Gasteiger partial charge on any atom is -0.461 e. The molecular formula is C17H13N5O2. The van der Waals surface area contributed by atoms with Crippen LogP contribution >= 0.6 is 0 Å². The van der Waals surface area contributed by atoms with E-state index in [1.54, 1.807) is 31.4 Å². The second-order valence-corrected chi connectivity index (χ2v) is 5.33. The number of carbonyl (C=O) groups is 1. The molecule has 0 aliphatic heterocycles. The molecule has 24 heavy (non-hydrogen) atoms. The van der Waals surface area contributed by atoms with Gasteiger partial charge in [0.05, 0.1) is 34.8 Å². The summed E-state index contributed by atoms with van der Waals surface area (Å²) >= 11 is 0. The first kappa shape index (κ1) is 14.1. The third-order valence-corrected chi connectivity index (χ3v) is 3.53. The summed E-state index contributed by atoms with van der Waals surface area (Å²) in [7, 11) is 0. The third-order valence-electron chi connectivity index (χ3n) is 3.53. The van der Waals surface area contributed by atoms with Crippen LogP contribution in [0.1, 0.15) is 16.1 Å². The van der Waals surface area contributed by atoms with E-state index in [-0.39, 0.29) is 5.91 Å². The minimum absolute atomic E-state index is 0.238. The zero-order valence-electron chi connectivity index (χ0n) is 12.8. The fourth-order valence-electron chi connectivity index (χ4n) is 2.42. The molecule has 2 N–H and O–H groups in total. The van der Waals surface area contributed by atoms with Crippen LogP contribution in [0.25, 0.3) is 22.6 Å². The maximum absolute atomic E-state index is 12.3. The van der Waals surface area contributed by atoms with Gasteiger partial charge in [0.2, 0.25) is 0 Å². The number of rotatable bonds is 3. The predicted molar refractivity (Wildman–Crippen MR) is 88.5 cm³/mol. The first-order valence-electron chi connectivity index (χ1n) is 7.33. The van der Waals surface area contributed by atoms with Gasteiger partial charge in [-0.15, -0.1) is 0 Å². The van der Waals surface area contributed by atoms with Crippen molar-refractivity contribution in [3.05, 3.63) is 60.1 Å². The molecule has 4 aromatic rings. The molecule has 118 valence electrons. The molecule has 0 spiro atoms. The molecule has 0 bridgehead atoms. The number of imidazole rings is 1. The van der Waals surface area contributed by atoms with Gasteiger partial charge >= 0.3 is 0 Å². The van der Waals surface area contributed by atoms with Crippen molar-refractivity contribution in [2.75, 3.05) is 5.32 Å². The molecule has 4 rings (SSSR count). The van der Waals surface area contributed by atoms with Crippen LogP contribution in [0, 0.1) is 6.92 Å². The SMILES string of the molecule is Cc1cc(C(=O)Nc2ccc3nc(-c4ccco4)[nH]c3c2)cnn1. The maximum atomic E-state index is 12.3. The first-order chi connectivity index (χ1) is 11.7. The third kappa shape index (κ3) is 2.63. The van der Waals surface area contributed by atoms with E-state index in [0.717, 1.165) is 11.0 Å². The van der Waals surface area contributed by atoms with Gasteiger partial charge in [0.1, 0.15) is 0 Å². The molecule has 1 amide bonds. The summed E-state index contributed by atoms with van der Waals surface area (Å²) in [4.78, 5) is 19.9. The van der Waals surface area contributed by atoms with Gasteiger partial charge in [-0.3, -0.25) is 4.79 Å². The number of nitrogens with one attached hydrogen (secondary N) is 2. The summed E-state index contributed by atoms with van der Waals surface area (Å²) in [5.41, 5.74) is 3.42. The second kappa shape index (κ2) is 5.62. The van der Waals surface area contributed by atoms with Gasteiger partial charge in [-0.05, 0) is 43.3 Å². The predicted octanol–water partition coefficient (Wildman–Crippen LogP) is 3.17. The highest BCUT2D eigenvalue weighted by Gasteiger charge is 2.10. The van der Waals surface area contributed by atoms with Crippen LogP contribution in [0.15, 0.2) is 53.3 Å². The van der Waals surface area contributed by atoms with E-state index in [9.17, 15) is 4.79 Å². The van der Waals surface area contributed by atoms with Crippen LogP contribution in [-0.2, 0) is 0 Å². The lowest BCUT2D eigenvalue weighted by molar-refractivity contribution is 0.102. The van der Waals surface area contributed by atoms with E-state index in [4.69, 9.17) is 4.42 Å². The van der Waals surface area contributed by atoms with E-state index in [0.29, 0.717) is 28.5 Å². The number of anilines is 1. The van der Waals surface area contributed by atoms with Crippen molar-refractivity contribution in [3.63, 3.8) is 0 Å². The van der Waals surface area contributed by atoms with Gasteiger partial charge < -0.3 is 14.7 Å². The van der Waals surface area contributed by atoms with Crippen LogP contribution < -0.4 is 5.32 Å². The van der Waals surface area contributed by atoms with Crippen molar-refractivity contribution in [2.24, 2.45) is 0 Å². The Morgan fingerprint density at radius 3 is 2.96 bits per heavy atom. The second-order valence-electron chi connectivity index (χ2n) is 5.33. The number of fused-ring (bicyclic) bond motifs is 1. The average molecular weight is 319 g/mol. The number of hydrogen-bond donors (Lipinski definition) is 2. The van der Waals surface area contributed by atoms with Gasteiger partial charge in [-0.2, -0.15) is 10.2 Å². The maximum Gasteiger partial charge on any atom is 0.257 e. The Morgan fingerprint density at radius 1 is 1.25 bits per heavy atom. The molecule has 1 aromatic carbocycles. The fraction of sp³-hybridized carbons (Fsp3) is 0.0588. The summed E-state index contributed by atoms with van der Waals surface area (Å²) in [5.74, 6) is 1.07. The number of aromatic nitrogens is 4. The van der Waals surface area contributed by atoms with Crippen LogP contribution in [0.3, 0.4) is 0 Å². The van der Waals surface area contributed by atoms with Crippen LogP contribution in [-0.4, -0.2) is 26.1 Å². The highest BCUT2D eigenvalue weighted by molar-refractivity contribution is 6.04. The Kier molecular flexibility index (Phi) is 3.31. The molecule has 0 fully saturated rings. The van der Waals surface area contributed by atoms with Crippen LogP contribution in [0.4, 0.5) is 5.69 Å². The standard InChI is InChI=1S/C17H13N5O2/c1-10-7-11(9-18-22-10)17(23)19-12-4-5-13-14(8-12)21-16(20-13)15-3-2-6-24-15/h2-9H,1H3,(H,19,23)(H,20,21). The lowest BCUT2D eigenvalue weighted by atomic mass is 10.2. The normalized spacial score (nSPS) is 10.9. The summed E-state index contributed by atoms with van der Waals surface area (Å²) < 4.78 is 5.34. The molecule has 3 heterocycles. The number of hydrogen-bond acceptors (Lipinski definition) is 5. The Balaban J connectivity index is 1.62. The number of aromatic amines is 1. The molecule has 0 saturated carbocycles. The van der Waals surface area contributed by atoms with Gasteiger partial charge in [0.25, 0.3) is 5.91 Å². The average Bonchev–Trinajstić information content (AvgIpc) is 3.23. The van der Waals surface area contributed by atoms with E-state index in [1.807, 2.05) is 18.2 Å². The summed E-state index contributed by atoms with van der Waals surface area (Å²) in [6.07, 6.45) is 3.03. The fourth-order valence-corrected chi connectivity index (χ4v) is 2.42. The quantitative estimate of drug-likeness (QED) is 0.604. The number of carbonyl (C=O) groups excluding carboxylic acids is 1. The van der Waals surface area contributed by atoms with Crippen molar-refractivity contribution in [1.82, 2.24) is 20.2 Å². The van der Waals surface area contributed by atoms with Crippen LogP contribution in [0.5, 0.6) is 0 Å². The van der Waals surface area contributed by atoms with Crippen molar-refractivity contribution in [3.8, 4) is 11.6 Å². The Labute approximate surface area is 136 Å². The van der Waals surface area contributed by atoms with E-state index < -0.39 is 0 Å². The van der Waals surface area contributed by atoms with Gasteiger partial charge in [0.15, 0.2) is 11.6 Å². The first-order valence-corrected chi connectivity index (χ1v) is 7.33. The minimum atomic E-state index is -0.238. The number of aryl methyl sites for hydroxylation is 1. The zero-order valence-corrected chi connectivity index (χ0v) is 12.8. The number of furan rings is 1. The molecule has 0 saturated heterocycles. The molecule has 0 radical (unpaired) electrons. The monoisotopic (exact) mass is 319 g/mol. The number of amides is 1. The smallest absolute Gasteiger partial charge is 0.257 e. The van der Waals surface area contributed by atoms with E-state index in [2.05, 4.69) is 25.5 Å². The molecular weight excluding hydrogens is 306 g/mol. The highest BCUT2D eigenvalue weighted by Crippen LogP contribution is 2.23. The molecule has 0 aliphatic carbocycles. The largest absolute Gasteiger partial charge is 0.461 e. The van der Waals surface area contributed by atoms with Gasteiger partial charge in [0, 0.05) is 5.69 Å². The summed E-state index contributed by atoms with van der Waals surface area (Å²) in [6.45, 7) is 1.79. The van der Waals surface area contributed by atoms with Gasteiger partial charge in [-0.25, -0.2) is 4.98 Å². The van der Waals surface area contributed by atoms with Crippen molar-refractivity contribution in [2.45, 2.75) is 6.92 Å². The molecule has 3 aromatic heterocycles. The molecule has 7 heteroatoms. The van der Waals surface area contributed by atoms with Crippen LogP contribution in [0.2, 0.25) is 0 Å². The molecule has 0 unspecified atom stereocenters. The van der Waals surface area contributed by atoms with E-state index in [1.165, 1.54) is 6.20 Å². The zero-order chi connectivity index (χ0) is 16.5. The summed E-state index contributed by atoms with van der Waals surface area (Å²) in [6, 6.07) is 10.8. The highest BCUT2D eigenvalue weighted by atomic mass is 16.3. The Morgan fingerprint density at radius 2 is 2.17 bits per heavy atom. The summed E-state index contributed by atoms with van der Waals surface area (Å²) in [5, 5.41) is 10.5. The van der Waals surface area contributed by atoms with Crippen molar-refractivity contribution < 1.29 is 9.21 Å². The number of H-pyrrole nitrogens is 1. The van der Waals surface area contributed by atoms with Crippen molar-refractivity contribution in [1.29, 1.82) is 0 Å². The lowest BCUT2D eigenvalue weighted by Crippen LogP contribution is -2.12. The molecule has 0 atom stereocenters. The molecule has 0 aliphatic rings. The Hall–Kier alpha value is -3.48. The topological polar surface area (TPSA) is 96.7 Å².